The third kappa shape index (κ3) is 2.77. The number of halogens is 2. The molecule has 2 aromatic carbocycles. The Hall–Kier alpha value is -2.03. The van der Waals surface area contributed by atoms with Crippen molar-refractivity contribution in [2.24, 2.45) is 0 Å². The lowest BCUT2D eigenvalue weighted by atomic mass is 9.82. The zero-order valence-corrected chi connectivity index (χ0v) is 11.7. The van der Waals surface area contributed by atoms with Crippen LogP contribution in [-0.4, -0.2) is 5.78 Å². The highest BCUT2D eigenvalue weighted by atomic mass is 19.2. The molecule has 0 saturated carbocycles. The van der Waals surface area contributed by atoms with Crippen molar-refractivity contribution < 1.29 is 13.6 Å². The predicted octanol–water partition coefficient (Wildman–Crippen LogP) is 4.49. The Morgan fingerprint density at radius 2 is 1.60 bits per heavy atom. The van der Waals surface area contributed by atoms with Crippen molar-refractivity contribution in [3.63, 3.8) is 0 Å². The van der Waals surface area contributed by atoms with Crippen molar-refractivity contribution in [3.05, 3.63) is 70.8 Å². The van der Waals surface area contributed by atoms with E-state index in [-0.39, 0.29) is 16.8 Å². The summed E-state index contributed by atoms with van der Waals surface area (Å²) >= 11 is 0. The van der Waals surface area contributed by atoms with Gasteiger partial charge in [0.15, 0.2) is 17.4 Å². The average molecular weight is 274 g/mol. The Morgan fingerprint density at radius 1 is 0.950 bits per heavy atom. The van der Waals surface area contributed by atoms with Gasteiger partial charge in [-0.1, -0.05) is 45.0 Å². The van der Waals surface area contributed by atoms with E-state index in [1.807, 2.05) is 32.9 Å². The molecule has 0 spiro atoms. The second-order valence-corrected chi connectivity index (χ2v) is 5.75. The van der Waals surface area contributed by atoms with Gasteiger partial charge in [0, 0.05) is 11.1 Å². The number of hydrogen-bond donors (Lipinski definition) is 0. The molecule has 0 aliphatic rings. The SMILES string of the molecule is CC(C)(C)c1ccccc1C(=O)c1ccc(F)c(F)c1. The van der Waals surface area contributed by atoms with Gasteiger partial charge in [-0.25, -0.2) is 8.78 Å². The Morgan fingerprint density at radius 3 is 2.20 bits per heavy atom. The van der Waals surface area contributed by atoms with E-state index in [9.17, 15) is 13.6 Å². The Bertz CT molecular complexity index is 654. The summed E-state index contributed by atoms with van der Waals surface area (Å²) in [6, 6.07) is 10.4. The number of hydrogen-bond acceptors (Lipinski definition) is 1. The highest BCUT2D eigenvalue weighted by molar-refractivity contribution is 6.10. The summed E-state index contributed by atoms with van der Waals surface area (Å²) in [6.45, 7) is 6.01. The first-order chi connectivity index (χ1) is 9.30. The second-order valence-electron chi connectivity index (χ2n) is 5.75. The monoisotopic (exact) mass is 274 g/mol. The molecule has 0 aromatic heterocycles. The quantitative estimate of drug-likeness (QED) is 0.737. The summed E-state index contributed by atoms with van der Waals surface area (Å²) in [5.74, 6) is -2.26. The number of benzene rings is 2. The first-order valence-electron chi connectivity index (χ1n) is 6.40. The van der Waals surface area contributed by atoms with Gasteiger partial charge in [-0.15, -0.1) is 0 Å². The molecule has 0 amide bonds. The van der Waals surface area contributed by atoms with E-state index in [1.54, 1.807) is 12.1 Å². The molecule has 3 heteroatoms. The largest absolute Gasteiger partial charge is 0.289 e. The maximum atomic E-state index is 13.3. The van der Waals surface area contributed by atoms with Gasteiger partial charge in [0.1, 0.15) is 0 Å². The summed E-state index contributed by atoms with van der Waals surface area (Å²) in [4.78, 5) is 12.5. The van der Waals surface area contributed by atoms with Crippen LogP contribution in [0, 0.1) is 11.6 Å². The molecule has 0 N–H and O–H groups in total. The van der Waals surface area contributed by atoms with E-state index in [0.717, 1.165) is 17.7 Å². The molecule has 0 aliphatic carbocycles. The molecule has 0 heterocycles. The first kappa shape index (κ1) is 14.4. The molecule has 2 rings (SSSR count). The summed E-state index contributed by atoms with van der Waals surface area (Å²) in [7, 11) is 0. The molecular weight excluding hydrogens is 258 g/mol. The van der Waals surface area contributed by atoms with Crippen LogP contribution in [0.2, 0.25) is 0 Å². The maximum absolute atomic E-state index is 13.3. The Labute approximate surface area is 117 Å². The van der Waals surface area contributed by atoms with Crippen LogP contribution >= 0.6 is 0 Å². The van der Waals surface area contributed by atoms with Gasteiger partial charge in [-0.2, -0.15) is 0 Å². The van der Waals surface area contributed by atoms with E-state index in [2.05, 4.69) is 0 Å². The van der Waals surface area contributed by atoms with Crippen LogP contribution in [0.25, 0.3) is 0 Å². The fourth-order valence-electron chi connectivity index (χ4n) is 2.13. The van der Waals surface area contributed by atoms with Crippen molar-refractivity contribution in [2.45, 2.75) is 26.2 Å². The van der Waals surface area contributed by atoms with Crippen LogP contribution in [0.1, 0.15) is 42.3 Å². The summed E-state index contributed by atoms with van der Waals surface area (Å²) in [5, 5.41) is 0. The Balaban J connectivity index is 2.51. The topological polar surface area (TPSA) is 17.1 Å². The van der Waals surface area contributed by atoms with Gasteiger partial charge in [0.25, 0.3) is 0 Å². The number of carbonyl (C=O) groups excluding carboxylic acids is 1. The zero-order valence-electron chi connectivity index (χ0n) is 11.7. The normalized spacial score (nSPS) is 11.4. The molecule has 104 valence electrons. The van der Waals surface area contributed by atoms with E-state index in [4.69, 9.17) is 0 Å². The summed E-state index contributed by atoms with van der Waals surface area (Å²) < 4.78 is 26.2. The fourth-order valence-corrected chi connectivity index (χ4v) is 2.13. The van der Waals surface area contributed by atoms with Gasteiger partial charge < -0.3 is 0 Å². The second kappa shape index (κ2) is 5.16. The van der Waals surface area contributed by atoms with Crippen molar-refractivity contribution in [2.75, 3.05) is 0 Å². The van der Waals surface area contributed by atoms with Crippen LogP contribution in [0.5, 0.6) is 0 Å². The molecule has 0 fully saturated rings. The fraction of sp³-hybridized carbons (Fsp3) is 0.235. The molecule has 0 bridgehead atoms. The van der Waals surface area contributed by atoms with E-state index < -0.39 is 11.6 Å². The third-order valence-corrected chi connectivity index (χ3v) is 3.16. The van der Waals surface area contributed by atoms with Crippen LogP contribution in [0.15, 0.2) is 42.5 Å². The van der Waals surface area contributed by atoms with Gasteiger partial charge in [-0.3, -0.25) is 4.79 Å². The molecule has 0 saturated heterocycles. The van der Waals surface area contributed by atoms with Crippen molar-refractivity contribution in [3.8, 4) is 0 Å². The number of ketones is 1. The van der Waals surface area contributed by atoms with Crippen LogP contribution < -0.4 is 0 Å². The van der Waals surface area contributed by atoms with Crippen molar-refractivity contribution in [1.29, 1.82) is 0 Å². The standard InChI is InChI=1S/C17H16F2O/c1-17(2,3)13-7-5-4-6-12(13)16(20)11-8-9-14(18)15(19)10-11/h4-10H,1-3H3. The highest BCUT2D eigenvalue weighted by Gasteiger charge is 2.22. The van der Waals surface area contributed by atoms with E-state index in [1.165, 1.54) is 6.07 Å². The third-order valence-electron chi connectivity index (χ3n) is 3.16. The van der Waals surface area contributed by atoms with Crippen molar-refractivity contribution >= 4 is 5.78 Å². The molecule has 1 nitrogen and oxygen atoms in total. The minimum Gasteiger partial charge on any atom is -0.289 e. The molecular formula is C17H16F2O. The summed E-state index contributed by atoms with van der Waals surface area (Å²) in [6.07, 6.45) is 0. The molecule has 0 unspecified atom stereocenters. The molecule has 2 aromatic rings. The molecule has 0 atom stereocenters. The lowest BCUT2D eigenvalue weighted by molar-refractivity contribution is 0.103. The van der Waals surface area contributed by atoms with E-state index in [0.29, 0.717) is 5.56 Å². The molecule has 20 heavy (non-hydrogen) atoms. The smallest absolute Gasteiger partial charge is 0.193 e. The zero-order chi connectivity index (χ0) is 14.9. The first-order valence-corrected chi connectivity index (χ1v) is 6.40. The van der Waals surface area contributed by atoms with E-state index >= 15 is 0 Å². The van der Waals surface area contributed by atoms with Crippen molar-refractivity contribution in [1.82, 2.24) is 0 Å². The average Bonchev–Trinajstić information content (AvgIpc) is 2.40. The highest BCUT2D eigenvalue weighted by Crippen LogP contribution is 2.27. The van der Waals surface area contributed by atoms with Crippen LogP contribution in [0.3, 0.4) is 0 Å². The lowest BCUT2D eigenvalue weighted by Gasteiger charge is -2.22. The maximum Gasteiger partial charge on any atom is 0.193 e. The van der Waals surface area contributed by atoms with Gasteiger partial charge >= 0.3 is 0 Å². The van der Waals surface area contributed by atoms with Crippen LogP contribution in [0.4, 0.5) is 8.78 Å². The minimum absolute atomic E-state index is 0.153. The minimum atomic E-state index is -1.01. The molecule has 0 aliphatic heterocycles. The van der Waals surface area contributed by atoms with Gasteiger partial charge in [0.05, 0.1) is 0 Å². The predicted molar refractivity (Wildman–Crippen MR) is 74.9 cm³/mol. The number of rotatable bonds is 2. The molecule has 0 radical (unpaired) electrons. The number of carbonyl (C=O) groups is 1. The lowest BCUT2D eigenvalue weighted by Crippen LogP contribution is -2.17. The van der Waals surface area contributed by atoms with Gasteiger partial charge in [0.2, 0.25) is 0 Å². The summed E-state index contributed by atoms with van der Waals surface area (Å²) in [5.41, 5.74) is 1.35. The van der Waals surface area contributed by atoms with Crippen LogP contribution in [-0.2, 0) is 5.41 Å². The van der Waals surface area contributed by atoms with Gasteiger partial charge in [-0.05, 0) is 29.2 Å². The Kier molecular flexibility index (Phi) is 3.71.